The van der Waals surface area contributed by atoms with Gasteiger partial charge in [0.05, 0.1) is 6.04 Å². The number of amides is 1. The van der Waals surface area contributed by atoms with Crippen LogP contribution in [0.1, 0.15) is 139 Å². The lowest BCUT2D eigenvalue weighted by atomic mass is 9.62. The molecule has 246 valence electrons. The third-order valence-electron chi connectivity index (χ3n) is 12.9. The molecule has 2 atom stereocenters. The molecule has 4 nitrogen and oxygen atoms in total. The Labute approximate surface area is 274 Å². The Morgan fingerprint density at radius 2 is 1.33 bits per heavy atom. The number of nitrogens with one attached hydrogen (secondary N) is 1. The van der Waals surface area contributed by atoms with Crippen molar-refractivity contribution in [3.8, 4) is 0 Å². The first kappa shape index (κ1) is 32.8. The predicted molar refractivity (Wildman–Crippen MR) is 188 cm³/mol. The molecule has 0 bridgehead atoms. The van der Waals surface area contributed by atoms with Crippen molar-refractivity contribution >= 4 is 5.91 Å². The van der Waals surface area contributed by atoms with Crippen LogP contribution in [0.5, 0.6) is 0 Å². The van der Waals surface area contributed by atoms with Crippen LogP contribution in [-0.4, -0.2) is 55.0 Å². The number of benzene rings is 2. The summed E-state index contributed by atoms with van der Waals surface area (Å²) in [4.78, 5) is 19.2. The topological polar surface area (TPSA) is 35.6 Å². The summed E-state index contributed by atoms with van der Waals surface area (Å²) in [6, 6.07) is 18.5. The Morgan fingerprint density at radius 1 is 0.800 bits per heavy atom. The van der Waals surface area contributed by atoms with E-state index in [1.165, 1.54) is 88.5 Å². The highest BCUT2D eigenvalue weighted by Crippen LogP contribution is 2.50. The minimum atomic E-state index is -0.382. The second-order valence-corrected chi connectivity index (χ2v) is 16.4. The number of fused-ring (bicyclic) bond motifs is 4. The van der Waals surface area contributed by atoms with Gasteiger partial charge in [0.1, 0.15) is 0 Å². The van der Waals surface area contributed by atoms with Crippen molar-refractivity contribution in [2.45, 2.75) is 128 Å². The maximum absolute atomic E-state index is 13.9. The van der Waals surface area contributed by atoms with Crippen molar-refractivity contribution in [2.24, 2.45) is 11.3 Å². The molecular weight excluding hydrogens is 550 g/mol. The second kappa shape index (κ2) is 13.5. The van der Waals surface area contributed by atoms with Crippen molar-refractivity contribution in [1.82, 2.24) is 15.1 Å². The van der Waals surface area contributed by atoms with Crippen LogP contribution in [-0.2, 0) is 15.6 Å². The largest absolute Gasteiger partial charge is 0.349 e. The summed E-state index contributed by atoms with van der Waals surface area (Å²) in [5.41, 5.74) is 6.43. The predicted octanol–water partition coefficient (Wildman–Crippen LogP) is 8.75. The maximum Gasteiger partial charge on any atom is 0.226 e. The molecular formula is C41H61N3O. The number of hydrogen-bond acceptors (Lipinski definition) is 3. The molecule has 0 aromatic heterocycles. The Bertz CT molecular complexity index is 1300. The number of nitrogens with zero attached hydrogens (tertiary/aromatic N) is 2. The second-order valence-electron chi connectivity index (χ2n) is 16.4. The molecule has 2 saturated heterocycles. The minimum Gasteiger partial charge on any atom is -0.349 e. The zero-order chi connectivity index (χ0) is 31.7. The summed E-state index contributed by atoms with van der Waals surface area (Å²) in [7, 11) is 0. The van der Waals surface area contributed by atoms with Crippen LogP contribution in [0, 0.1) is 11.3 Å². The van der Waals surface area contributed by atoms with Gasteiger partial charge in [-0.25, -0.2) is 0 Å². The summed E-state index contributed by atoms with van der Waals surface area (Å²) in [5, 5.41) is 3.57. The van der Waals surface area contributed by atoms with Gasteiger partial charge >= 0.3 is 0 Å². The molecule has 2 aliphatic carbocycles. The zero-order valence-electron chi connectivity index (χ0n) is 29.2. The molecule has 2 fully saturated rings. The summed E-state index contributed by atoms with van der Waals surface area (Å²) in [5.74, 6) is 1.73. The Hall–Kier alpha value is -2.17. The Balaban J connectivity index is 1.03. The van der Waals surface area contributed by atoms with E-state index in [1.54, 1.807) is 11.1 Å². The Morgan fingerprint density at radius 3 is 1.93 bits per heavy atom. The summed E-state index contributed by atoms with van der Waals surface area (Å²) < 4.78 is 0. The summed E-state index contributed by atoms with van der Waals surface area (Å²) >= 11 is 0. The summed E-state index contributed by atoms with van der Waals surface area (Å²) in [6.07, 6.45) is 13.4. The average molecular weight is 612 g/mol. The fraction of sp³-hybridized carbons (Fsp3) is 0.683. The van der Waals surface area contributed by atoms with E-state index < -0.39 is 0 Å². The number of hydrogen-bond donors (Lipinski definition) is 1. The third-order valence-corrected chi connectivity index (χ3v) is 12.9. The lowest BCUT2D eigenvalue weighted by molar-refractivity contribution is -0.131. The molecule has 4 aliphatic rings. The van der Waals surface area contributed by atoms with Crippen LogP contribution in [0.3, 0.4) is 0 Å². The number of piperidine rings is 2. The van der Waals surface area contributed by atoms with E-state index in [2.05, 4.69) is 98.3 Å². The zero-order valence-corrected chi connectivity index (χ0v) is 29.2. The van der Waals surface area contributed by atoms with Crippen molar-refractivity contribution in [1.29, 1.82) is 0 Å². The maximum atomic E-state index is 13.9. The van der Waals surface area contributed by atoms with Crippen LogP contribution in [0.2, 0.25) is 0 Å². The molecule has 2 aliphatic heterocycles. The van der Waals surface area contributed by atoms with E-state index >= 15 is 0 Å². The van der Waals surface area contributed by atoms with Gasteiger partial charge in [0, 0.05) is 5.41 Å². The van der Waals surface area contributed by atoms with Gasteiger partial charge in [0.2, 0.25) is 5.91 Å². The van der Waals surface area contributed by atoms with Gasteiger partial charge in [-0.3, -0.25) is 4.79 Å². The van der Waals surface area contributed by atoms with Crippen LogP contribution in [0.4, 0.5) is 0 Å². The van der Waals surface area contributed by atoms with E-state index in [0.717, 1.165) is 44.3 Å². The monoisotopic (exact) mass is 611 g/mol. The number of carbonyl (C=O) groups excluding carboxylic acids is 1. The van der Waals surface area contributed by atoms with Crippen LogP contribution < -0.4 is 5.32 Å². The quantitative estimate of drug-likeness (QED) is 0.308. The van der Waals surface area contributed by atoms with Crippen molar-refractivity contribution < 1.29 is 4.79 Å². The van der Waals surface area contributed by atoms with E-state index in [0.29, 0.717) is 5.41 Å². The normalized spacial score (nSPS) is 24.8. The van der Waals surface area contributed by atoms with Crippen molar-refractivity contribution in [2.75, 3.05) is 39.3 Å². The smallest absolute Gasteiger partial charge is 0.226 e. The first-order valence-corrected chi connectivity index (χ1v) is 18.6. The van der Waals surface area contributed by atoms with E-state index in [4.69, 9.17) is 0 Å². The molecule has 1 N–H and O–H groups in total. The first-order valence-electron chi connectivity index (χ1n) is 18.6. The fourth-order valence-corrected chi connectivity index (χ4v) is 9.44. The minimum absolute atomic E-state index is 0.130. The molecule has 1 unspecified atom stereocenters. The van der Waals surface area contributed by atoms with Gasteiger partial charge in [0.25, 0.3) is 0 Å². The number of likely N-dealkylation sites (tertiary alicyclic amines) is 2. The highest BCUT2D eigenvalue weighted by atomic mass is 16.2. The van der Waals surface area contributed by atoms with Crippen LogP contribution in [0.15, 0.2) is 48.5 Å². The lowest BCUT2D eigenvalue weighted by Crippen LogP contribution is -2.48. The van der Waals surface area contributed by atoms with Gasteiger partial charge in [-0.2, -0.15) is 0 Å². The molecule has 45 heavy (non-hydrogen) atoms. The molecule has 2 aromatic carbocycles. The molecule has 0 radical (unpaired) electrons. The fourth-order valence-electron chi connectivity index (χ4n) is 9.44. The number of carbonyl (C=O) groups is 1. The number of rotatable bonds is 9. The van der Waals surface area contributed by atoms with Gasteiger partial charge < -0.3 is 15.1 Å². The van der Waals surface area contributed by atoms with Gasteiger partial charge in [-0.05, 0) is 155 Å². The molecule has 2 spiro atoms. The highest BCUT2D eigenvalue weighted by Gasteiger charge is 2.44. The highest BCUT2D eigenvalue weighted by molar-refractivity contribution is 5.82. The van der Waals surface area contributed by atoms with E-state index in [9.17, 15) is 4.79 Å². The van der Waals surface area contributed by atoms with Crippen molar-refractivity contribution in [3.63, 3.8) is 0 Å². The lowest BCUT2D eigenvalue weighted by Gasteiger charge is -2.48. The molecule has 1 amide bonds. The Kier molecular flexibility index (Phi) is 9.84. The van der Waals surface area contributed by atoms with E-state index in [1.807, 2.05) is 0 Å². The van der Waals surface area contributed by atoms with Crippen LogP contribution >= 0.6 is 0 Å². The molecule has 0 saturated carbocycles. The van der Waals surface area contributed by atoms with E-state index in [-0.39, 0.29) is 22.8 Å². The van der Waals surface area contributed by atoms with Crippen molar-refractivity contribution in [3.05, 3.63) is 70.8 Å². The molecule has 2 heterocycles. The van der Waals surface area contributed by atoms with Gasteiger partial charge in [0.15, 0.2) is 0 Å². The van der Waals surface area contributed by atoms with Gasteiger partial charge in [-0.15, -0.1) is 0 Å². The molecule has 2 aromatic rings. The van der Waals surface area contributed by atoms with Crippen LogP contribution in [0.25, 0.3) is 0 Å². The third kappa shape index (κ3) is 6.79. The molecule has 4 heteroatoms. The first-order chi connectivity index (χ1) is 21.6. The standard InChI is InChI=1S/C41H61N3O/c1-6-32-15-18-40(35-13-9-7-11-33(32)35)23-29-44(30-24-40)26-20-39(4,5)38(45)42-37-16-19-41(36-14-10-8-12-34(36)37)21-27-43(28-22-41)25-17-31(2)3/h7-14,31-32,37H,6,15-30H2,1-5H3,(H,42,45)/t32-,37?/m0/s1. The summed E-state index contributed by atoms with van der Waals surface area (Å²) in [6.45, 7) is 18.3. The SMILES string of the molecule is CC[C@H]1CCC2(CCN(CCC(C)(C)C(=O)NC3CCC4(CCN(CCC(C)C)CC4)c4ccccc43)CC2)c2ccccc21. The van der Waals surface area contributed by atoms with Gasteiger partial charge in [-0.1, -0.05) is 83.1 Å². The average Bonchev–Trinajstić information content (AvgIpc) is 3.06. The molecule has 6 rings (SSSR count).